The molecule has 0 bridgehead atoms. The Balaban J connectivity index is 2.86. The van der Waals surface area contributed by atoms with Gasteiger partial charge in [-0.05, 0) is 34.1 Å². The van der Waals surface area contributed by atoms with E-state index in [1.807, 2.05) is 27.7 Å². The van der Waals surface area contributed by atoms with Crippen LogP contribution in [0.25, 0.3) is 0 Å². The Morgan fingerprint density at radius 2 is 2.00 bits per heavy atom. The molecule has 1 saturated heterocycles. The van der Waals surface area contributed by atoms with Crippen molar-refractivity contribution >= 4 is 6.41 Å². The number of nitrogens with zero attached hydrogens (tertiary/aromatic N) is 1. The normalized spacial score (nSPS) is 31.6. The quantitative estimate of drug-likeness (QED) is 0.626. The molecule has 1 unspecified atom stereocenters. The summed E-state index contributed by atoms with van der Waals surface area (Å²) in [4.78, 5) is 10.4. The minimum Gasteiger partial charge on any atom is -0.354 e. The van der Waals surface area contributed by atoms with Crippen molar-refractivity contribution in [2.75, 3.05) is 0 Å². The van der Waals surface area contributed by atoms with Crippen LogP contribution in [-0.2, 0) is 4.79 Å². The van der Waals surface area contributed by atoms with Crippen molar-refractivity contribution in [2.24, 2.45) is 0 Å². The molecule has 0 aromatic rings. The molecule has 0 saturated carbocycles. The molecule has 1 amide bonds. The van der Waals surface area contributed by atoms with Crippen LogP contribution in [0.15, 0.2) is 0 Å². The molecule has 4 heteroatoms. The van der Waals surface area contributed by atoms with E-state index in [1.165, 1.54) is 5.06 Å². The van der Waals surface area contributed by atoms with Gasteiger partial charge in [0.1, 0.15) is 0 Å². The van der Waals surface area contributed by atoms with Gasteiger partial charge >= 0.3 is 0 Å². The standard InChI is InChI=1S/C9H18N2O2/c1-8(2)5-7(10-6-12)9(3,4)11(8)13/h6-7,13H,5H2,1-4H3,(H,10,12). The summed E-state index contributed by atoms with van der Waals surface area (Å²) in [6.45, 7) is 7.76. The zero-order chi connectivity index (χ0) is 10.3. The molecule has 76 valence electrons. The van der Waals surface area contributed by atoms with Crippen LogP contribution in [-0.4, -0.2) is 33.8 Å². The van der Waals surface area contributed by atoms with Crippen LogP contribution >= 0.6 is 0 Å². The largest absolute Gasteiger partial charge is 0.354 e. The van der Waals surface area contributed by atoms with Gasteiger partial charge in [-0.25, -0.2) is 0 Å². The first-order chi connectivity index (χ1) is 5.82. The second-order valence-electron chi connectivity index (χ2n) is 4.82. The van der Waals surface area contributed by atoms with Crippen LogP contribution in [0.5, 0.6) is 0 Å². The summed E-state index contributed by atoms with van der Waals surface area (Å²) < 4.78 is 0. The highest BCUT2D eigenvalue weighted by molar-refractivity contribution is 5.47. The summed E-state index contributed by atoms with van der Waals surface area (Å²) in [5, 5.41) is 13.9. The first kappa shape index (κ1) is 10.5. The second kappa shape index (κ2) is 2.96. The van der Waals surface area contributed by atoms with Crippen LogP contribution < -0.4 is 5.32 Å². The number of rotatable bonds is 2. The Morgan fingerprint density at radius 3 is 2.31 bits per heavy atom. The Labute approximate surface area is 78.9 Å². The van der Waals surface area contributed by atoms with E-state index in [4.69, 9.17) is 0 Å². The molecule has 0 aromatic heterocycles. The summed E-state index contributed by atoms with van der Waals surface area (Å²) in [5.74, 6) is 0. The number of hydrogen-bond acceptors (Lipinski definition) is 3. The maximum absolute atomic E-state index is 10.4. The number of carbonyl (C=O) groups excluding carboxylic acids is 1. The van der Waals surface area contributed by atoms with Gasteiger partial charge in [0.2, 0.25) is 6.41 Å². The van der Waals surface area contributed by atoms with E-state index in [0.717, 1.165) is 6.42 Å². The monoisotopic (exact) mass is 186 g/mol. The average Bonchev–Trinajstić information content (AvgIpc) is 2.14. The molecule has 1 rings (SSSR count). The zero-order valence-corrected chi connectivity index (χ0v) is 8.66. The van der Waals surface area contributed by atoms with Crippen molar-refractivity contribution in [3.8, 4) is 0 Å². The number of hydroxylamine groups is 2. The molecule has 1 heterocycles. The van der Waals surface area contributed by atoms with Gasteiger partial charge in [0.05, 0.1) is 11.6 Å². The predicted octanol–water partition coefficient (Wildman–Crippen LogP) is 0.753. The van der Waals surface area contributed by atoms with Gasteiger partial charge in [-0.3, -0.25) is 4.79 Å². The minimum atomic E-state index is -0.398. The van der Waals surface area contributed by atoms with E-state index in [9.17, 15) is 10.0 Å². The minimum absolute atomic E-state index is 0.00463. The third kappa shape index (κ3) is 1.56. The second-order valence-corrected chi connectivity index (χ2v) is 4.82. The summed E-state index contributed by atoms with van der Waals surface area (Å²) in [6, 6.07) is 0.00463. The molecule has 0 aromatic carbocycles. The van der Waals surface area contributed by atoms with E-state index in [-0.39, 0.29) is 11.6 Å². The number of hydrogen-bond donors (Lipinski definition) is 2. The summed E-state index contributed by atoms with van der Waals surface area (Å²) in [5.41, 5.74) is -0.672. The highest BCUT2D eigenvalue weighted by atomic mass is 16.5. The van der Waals surface area contributed by atoms with E-state index in [1.54, 1.807) is 0 Å². The van der Waals surface area contributed by atoms with E-state index < -0.39 is 5.54 Å². The van der Waals surface area contributed by atoms with Crippen LogP contribution in [0.1, 0.15) is 34.1 Å². The molecule has 0 radical (unpaired) electrons. The van der Waals surface area contributed by atoms with Crippen molar-refractivity contribution < 1.29 is 10.0 Å². The Bertz CT molecular complexity index is 214. The maximum atomic E-state index is 10.4. The number of carbonyl (C=O) groups is 1. The molecule has 1 aliphatic heterocycles. The fraction of sp³-hybridized carbons (Fsp3) is 0.889. The molecule has 0 spiro atoms. The lowest BCUT2D eigenvalue weighted by atomic mass is 9.95. The van der Waals surface area contributed by atoms with Gasteiger partial charge in [-0.2, -0.15) is 5.06 Å². The van der Waals surface area contributed by atoms with E-state index >= 15 is 0 Å². The topological polar surface area (TPSA) is 52.6 Å². The van der Waals surface area contributed by atoms with Gasteiger partial charge in [0.15, 0.2) is 0 Å². The lowest BCUT2D eigenvalue weighted by molar-refractivity contribution is -0.194. The first-order valence-corrected chi connectivity index (χ1v) is 4.51. The fourth-order valence-corrected chi connectivity index (χ4v) is 2.11. The van der Waals surface area contributed by atoms with E-state index in [2.05, 4.69) is 5.32 Å². The van der Waals surface area contributed by atoms with Crippen molar-refractivity contribution in [3.05, 3.63) is 0 Å². The SMILES string of the molecule is CC1(C)CC(NC=O)C(C)(C)N1O. The van der Waals surface area contributed by atoms with Gasteiger partial charge < -0.3 is 10.5 Å². The third-order valence-corrected chi connectivity index (χ3v) is 2.94. The molecular weight excluding hydrogens is 168 g/mol. The third-order valence-electron chi connectivity index (χ3n) is 2.94. The molecule has 4 nitrogen and oxygen atoms in total. The van der Waals surface area contributed by atoms with Gasteiger partial charge in [0, 0.05) is 5.54 Å². The van der Waals surface area contributed by atoms with Gasteiger partial charge in [0.25, 0.3) is 0 Å². The van der Waals surface area contributed by atoms with Crippen LogP contribution in [0.2, 0.25) is 0 Å². The number of nitrogens with one attached hydrogen (secondary N) is 1. The first-order valence-electron chi connectivity index (χ1n) is 4.51. The summed E-state index contributed by atoms with van der Waals surface area (Å²) in [7, 11) is 0. The summed E-state index contributed by atoms with van der Waals surface area (Å²) in [6.07, 6.45) is 1.46. The molecule has 2 N–H and O–H groups in total. The lowest BCUT2D eigenvalue weighted by Gasteiger charge is -2.35. The molecule has 1 atom stereocenters. The zero-order valence-electron chi connectivity index (χ0n) is 8.66. The van der Waals surface area contributed by atoms with E-state index in [0.29, 0.717) is 6.41 Å². The van der Waals surface area contributed by atoms with Gasteiger partial charge in [-0.1, -0.05) is 0 Å². The number of amides is 1. The average molecular weight is 186 g/mol. The predicted molar refractivity (Wildman–Crippen MR) is 49.4 cm³/mol. The van der Waals surface area contributed by atoms with Crippen molar-refractivity contribution in [1.82, 2.24) is 10.4 Å². The molecule has 0 aliphatic carbocycles. The Kier molecular flexibility index (Phi) is 2.38. The van der Waals surface area contributed by atoms with Crippen LogP contribution in [0.4, 0.5) is 0 Å². The molecule has 1 aliphatic rings. The highest BCUT2D eigenvalue weighted by Crippen LogP contribution is 2.38. The maximum Gasteiger partial charge on any atom is 0.207 e. The molecular formula is C9H18N2O2. The van der Waals surface area contributed by atoms with Gasteiger partial charge in [-0.15, -0.1) is 0 Å². The van der Waals surface area contributed by atoms with Crippen molar-refractivity contribution in [2.45, 2.75) is 51.2 Å². The van der Waals surface area contributed by atoms with Crippen LogP contribution in [0.3, 0.4) is 0 Å². The molecule has 1 fully saturated rings. The van der Waals surface area contributed by atoms with Crippen molar-refractivity contribution in [1.29, 1.82) is 0 Å². The van der Waals surface area contributed by atoms with Crippen LogP contribution in [0, 0.1) is 0 Å². The Hall–Kier alpha value is -0.610. The molecule has 13 heavy (non-hydrogen) atoms. The van der Waals surface area contributed by atoms with Crippen molar-refractivity contribution in [3.63, 3.8) is 0 Å². The lowest BCUT2D eigenvalue weighted by Crippen LogP contribution is -2.51. The smallest absolute Gasteiger partial charge is 0.207 e. The Morgan fingerprint density at radius 1 is 1.46 bits per heavy atom. The highest BCUT2D eigenvalue weighted by Gasteiger charge is 2.51. The fourth-order valence-electron chi connectivity index (χ4n) is 2.11. The summed E-state index contributed by atoms with van der Waals surface area (Å²) >= 11 is 0.